The highest BCUT2D eigenvalue weighted by molar-refractivity contribution is 6.07. The van der Waals surface area contributed by atoms with Crippen molar-refractivity contribution in [2.45, 2.75) is 31.2 Å². The summed E-state index contributed by atoms with van der Waals surface area (Å²) in [6.45, 7) is 1.09. The largest absolute Gasteiger partial charge is 0.497 e. The van der Waals surface area contributed by atoms with Crippen LogP contribution in [0.15, 0.2) is 54.6 Å². The number of methoxy groups -OCH3 is 1. The summed E-state index contributed by atoms with van der Waals surface area (Å²) >= 11 is 0. The first kappa shape index (κ1) is 20.9. The lowest BCUT2D eigenvalue weighted by atomic mass is 9.74. The number of urea groups is 1. The molecule has 0 radical (unpaired) electrons. The summed E-state index contributed by atoms with van der Waals surface area (Å²) in [6.07, 6.45) is 2.54. The molecule has 2 aliphatic rings. The highest BCUT2D eigenvalue weighted by Gasteiger charge is 2.52. The fraction of sp³-hybridized carbons (Fsp3) is 0.375. The maximum Gasteiger partial charge on any atom is 0.322 e. The second kappa shape index (κ2) is 8.79. The van der Waals surface area contributed by atoms with Gasteiger partial charge in [0.2, 0.25) is 0 Å². The van der Waals surface area contributed by atoms with Crippen LogP contribution in [0.3, 0.4) is 0 Å². The molecule has 2 aliphatic heterocycles. The summed E-state index contributed by atoms with van der Waals surface area (Å²) in [7, 11) is 1.59. The number of aryl methyl sites for hydroxylation is 1. The molecule has 2 heterocycles. The molecular formula is C24H27N3O4. The summed E-state index contributed by atoms with van der Waals surface area (Å²) in [6, 6.07) is 16.6. The summed E-state index contributed by atoms with van der Waals surface area (Å²) < 4.78 is 5.15. The summed E-state index contributed by atoms with van der Waals surface area (Å²) in [5, 5.41) is 5.36. The average Bonchev–Trinajstić information content (AvgIpc) is 3.12. The molecule has 2 aromatic carbocycles. The van der Waals surface area contributed by atoms with Crippen molar-refractivity contribution in [2.24, 2.45) is 5.92 Å². The van der Waals surface area contributed by atoms with Crippen molar-refractivity contribution in [1.82, 2.24) is 15.5 Å². The quantitative estimate of drug-likeness (QED) is 0.702. The SMILES string of the molecule is COc1ccc(C(=O)N2CCC(C3(CCc4ccccc4)NC(=O)NC3=O)CC2)cc1. The van der Waals surface area contributed by atoms with Gasteiger partial charge in [0.1, 0.15) is 11.3 Å². The minimum atomic E-state index is -0.928. The first-order valence-corrected chi connectivity index (χ1v) is 10.6. The van der Waals surface area contributed by atoms with Gasteiger partial charge in [0.05, 0.1) is 7.11 Å². The van der Waals surface area contributed by atoms with E-state index in [0.717, 1.165) is 5.56 Å². The molecule has 0 bridgehead atoms. The van der Waals surface area contributed by atoms with E-state index in [1.807, 2.05) is 35.2 Å². The van der Waals surface area contributed by atoms with E-state index in [2.05, 4.69) is 10.6 Å². The molecule has 0 aliphatic carbocycles. The Labute approximate surface area is 181 Å². The van der Waals surface area contributed by atoms with Crippen LogP contribution in [0.2, 0.25) is 0 Å². The molecule has 2 N–H and O–H groups in total. The Morgan fingerprint density at radius 1 is 1.06 bits per heavy atom. The van der Waals surface area contributed by atoms with Crippen molar-refractivity contribution >= 4 is 17.8 Å². The number of likely N-dealkylation sites (tertiary alicyclic amines) is 1. The molecule has 7 heteroatoms. The summed E-state index contributed by atoms with van der Waals surface area (Å²) in [5.41, 5.74) is 0.815. The van der Waals surface area contributed by atoms with Crippen molar-refractivity contribution in [2.75, 3.05) is 20.2 Å². The number of piperidine rings is 1. The number of carbonyl (C=O) groups excluding carboxylic acids is 3. The monoisotopic (exact) mass is 421 g/mol. The minimum Gasteiger partial charge on any atom is -0.497 e. The Morgan fingerprint density at radius 3 is 2.32 bits per heavy atom. The molecule has 2 saturated heterocycles. The van der Waals surface area contributed by atoms with Crippen LogP contribution >= 0.6 is 0 Å². The van der Waals surface area contributed by atoms with Gasteiger partial charge in [-0.15, -0.1) is 0 Å². The van der Waals surface area contributed by atoms with Crippen molar-refractivity contribution in [3.8, 4) is 5.75 Å². The number of nitrogens with zero attached hydrogens (tertiary/aromatic N) is 1. The number of hydrogen-bond acceptors (Lipinski definition) is 4. The number of ether oxygens (including phenoxy) is 1. The third-order valence-electron chi connectivity index (χ3n) is 6.44. The van der Waals surface area contributed by atoms with Gasteiger partial charge in [-0.05, 0) is 61.4 Å². The van der Waals surface area contributed by atoms with E-state index >= 15 is 0 Å². The average molecular weight is 421 g/mol. The van der Waals surface area contributed by atoms with E-state index in [9.17, 15) is 14.4 Å². The van der Waals surface area contributed by atoms with Crippen LogP contribution in [0.1, 0.15) is 35.2 Å². The number of rotatable bonds is 6. The lowest BCUT2D eigenvalue weighted by Gasteiger charge is -2.40. The number of imide groups is 1. The molecule has 0 saturated carbocycles. The van der Waals surface area contributed by atoms with E-state index in [1.54, 1.807) is 31.4 Å². The van der Waals surface area contributed by atoms with Crippen LogP contribution < -0.4 is 15.4 Å². The normalized spacial score (nSPS) is 21.5. The van der Waals surface area contributed by atoms with Gasteiger partial charge in [-0.3, -0.25) is 14.9 Å². The maximum absolute atomic E-state index is 12.9. The summed E-state index contributed by atoms with van der Waals surface area (Å²) in [4.78, 5) is 39.5. The number of benzene rings is 2. The molecule has 0 spiro atoms. The van der Waals surface area contributed by atoms with Crippen LogP contribution in [0.5, 0.6) is 5.75 Å². The Balaban J connectivity index is 1.44. The van der Waals surface area contributed by atoms with Crippen molar-refractivity contribution in [1.29, 1.82) is 0 Å². The Morgan fingerprint density at radius 2 is 1.74 bits per heavy atom. The first-order valence-electron chi connectivity index (χ1n) is 10.6. The molecule has 7 nitrogen and oxygen atoms in total. The zero-order valence-corrected chi connectivity index (χ0v) is 17.6. The van der Waals surface area contributed by atoms with E-state index in [-0.39, 0.29) is 17.7 Å². The predicted octanol–water partition coefficient (Wildman–Crippen LogP) is 2.76. The Hall–Kier alpha value is -3.35. The van der Waals surface area contributed by atoms with Crippen LogP contribution in [-0.2, 0) is 11.2 Å². The number of hydrogen-bond donors (Lipinski definition) is 2. The molecule has 2 fully saturated rings. The lowest BCUT2D eigenvalue weighted by molar-refractivity contribution is -0.126. The first-order chi connectivity index (χ1) is 15.0. The highest BCUT2D eigenvalue weighted by atomic mass is 16.5. The molecule has 0 aromatic heterocycles. The minimum absolute atomic E-state index is 0.0254. The number of carbonyl (C=O) groups is 3. The van der Waals surface area contributed by atoms with E-state index < -0.39 is 11.6 Å². The van der Waals surface area contributed by atoms with Crippen molar-refractivity contribution in [3.05, 3.63) is 65.7 Å². The van der Waals surface area contributed by atoms with Crippen LogP contribution in [-0.4, -0.2) is 48.5 Å². The van der Waals surface area contributed by atoms with Gasteiger partial charge in [0.25, 0.3) is 11.8 Å². The summed E-state index contributed by atoms with van der Waals surface area (Å²) in [5.74, 6) is 0.397. The van der Waals surface area contributed by atoms with Gasteiger partial charge in [-0.25, -0.2) is 4.79 Å². The fourth-order valence-electron chi connectivity index (χ4n) is 4.65. The van der Waals surface area contributed by atoms with Gasteiger partial charge in [-0.2, -0.15) is 0 Å². The van der Waals surface area contributed by atoms with Gasteiger partial charge >= 0.3 is 6.03 Å². The van der Waals surface area contributed by atoms with Crippen LogP contribution in [0, 0.1) is 5.92 Å². The third kappa shape index (κ3) is 4.26. The topological polar surface area (TPSA) is 87.7 Å². The van der Waals surface area contributed by atoms with E-state index in [1.165, 1.54) is 0 Å². The van der Waals surface area contributed by atoms with Gasteiger partial charge in [-0.1, -0.05) is 30.3 Å². The number of amides is 4. The molecule has 2 aromatic rings. The standard InChI is InChI=1S/C24H27N3O4/c1-31-20-9-7-18(8-10-20)21(28)27-15-12-19(13-16-27)24(22(29)25-23(30)26-24)14-11-17-5-3-2-4-6-17/h2-10,19H,11-16H2,1H3,(H2,25,26,29,30). The van der Waals surface area contributed by atoms with Crippen LogP contribution in [0.4, 0.5) is 4.79 Å². The molecule has 1 atom stereocenters. The molecule has 4 rings (SSSR count). The molecule has 1 unspecified atom stereocenters. The zero-order valence-electron chi connectivity index (χ0n) is 17.6. The fourth-order valence-corrected chi connectivity index (χ4v) is 4.65. The highest BCUT2D eigenvalue weighted by Crippen LogP contribution is 2.35. The second-order valence-electron chi connectivity index (χ2n) is 8.16. The van der Waals surface area contributed by atoms with Crippen molar-refractivity contribution < 1.29 is 19.1 Å². The van der Waals surface area contributed by atoms with E-state index in [0.29, 0.717) is 50.1 Å². The smallest absolute Gasteiger partial charge is 0.322 e. The molecule has 31 heavy (non-hydrogen) atoms. The van der Waals surface area contributed by atoms with E-state index in [4.69, 9.17) is 4.74 Å². The van der Waals surface area contributed by atoms with Crippen molar-refractivity contribution in [3.63, 3.8) is 0 Å². The number of nitrogens with one attached hydrogen (secondary N) is 2. The van der Waals surface area contributed by atoms with Gasteiger partial charge in [0.15, 0.2) is 0 Å². The molecular weight excluding hydrogens is 394 g/mol. The van der Waals surface area contributed by atoms with Gasteiger partial charge < -0.3 is 15.0 Å². The lowest BCUT2D eigenvalue weighted by Crippen LogP contribution is -2.56. The second-order valence-corrected chi connectivity index (χ2v) is 8.16. The molecule has 162 valence electrons. The maximum atomic E-state index is 12.9. The molecule has 4 amide bonds. The zero-order chi connectivity index (χ0) is 21.8. The Kier molecular flexibility index (Phi) is 5.93. The predicted molar refractivity (Wildman–Crippen MR) is 116 cm³/mol. The Bertz CT molecular complexity index is 953. The van der Waals surface area contributed by atoms with Gasteiger partial charge in [0, 0.05) is 18.7 Å². The van der Waals surface area contributed by atoms with Crippen LogP contribution in [0.25, 0.3) is 0 Å². The third-order valence-corrected chi connectivity index (χ3v) is 6.44.